The fourth-order valence-electron chi connectivity index (χ4n) is 4.19. The largest absolute Gasteiger partial charge is 0.503 e. The highest BCUT2D eigenvalue weighted by atomic mass is 19.4. The molecule has 0 saturated carbocycles. The van der Waals surface area contributed by atoms with E-state index in [9.17, 15) is 27.1 Å². The number of halogens is 5. The van der Waals surface area contributed by atoms with Crippen LogP contribution in [0.2, 0.25) is 0 Å². The summed E-state index contributed by atoms with van der Waals surface area (Å²) in [6, 6.07) is 0.410. The first kappa shape index (κ1) is 24.1. The second-order valence-electron chi connectivity index (χ2n) is 8.77. The number of hydrogen-bond acceptors (Lipinski definition) is 6. The minimum Gasteiger partial charge on any atom is -0.503 e. The van der Waals surface area contributed by atoms with E-state index >= 15 is 0 Å². The van der Waals surface area contributed by atoms with Gasteiger partial charge in [-0.05, 0) is 24.8 Å². The van der Waals surface area contributed by atoms with E-state index in [-0.39, 0.29) is 28.9 Å². The minimum atomic E-state index is -5.14. The smallest absolute Gasteiger partial charge is 0.419 e. The van der Waals surface area contributed by atoms with Gasteiger partial charge >= 0.3 is 6.18 Å². The van der Waals surface area contributed by atoms with E-state index in [1.807, 2.05) is 11.9 Å². The second-order valence-corrected chi connectivity index (χ2v) is 8.77. The van der Waals surface area contributed by atoms with Gasteiger partial charge in [0.1, 0.15) is 5.69 Å². The van der Waals surface area contributed by atoms with E-state index in [1.165, 1.54) is 17.9 Å². The van der Waals surface area contributed by atoms with Gasteiger partial charge in [0.2, 0.25) is 5.95 Å². The summed E-state index contributed by atoms with van der Waals surface area (Å²) in [7, 11) is 3.34. The molecule has 2 aromatic heterocycles. The van der Waals surface area contributed by atoms with Gasteiger partial charge in [-0.25, -0.2) is 18.4 Å². The predicted molar refractivity (Wildman–Crippen MR) is 114 cm³/mol. The van der Waals surface area contributed by atoms with Crippen molar-refractivity contribution >= 4 is 17.0 Å². The standard InChI is InChI=1S/C22H24F5N5O2/c1-10(2)15-7-11(5-6-34-15)31(3)21-28-9-13-18(30-32(4)20(13)29-21)12-8-14(22(25,26)27)17(24)19(33)16(12)23/h8-11,15,33H,5-7H2,1-4H3/t11?,15-/m0/s1. The van der Waals surface area contributed by atoms with Crippen LogP contribution in [0, 0.1) is 17.6 Å². The summed E-state index contributed by atoms with van der Waals surface area (Å²) in [5.74, 6) is -4.63. The van der Waals surface area contributed by atoms with Crippen molar-refractivity contribution in [1.82, 2.24) is 19.7 Å². The number of benzene rings is 1. The van der Waals surface area contributed by atoms with Crippen LogP contribution in [0.1, 0.15) is 32.3 Å². The molecule has 1 saturated heterocycles. The van der Waals surface area contributed by atoms with E-state index in [0.29, 0.717) is 24.5 Å². The van der Waals surface area contributed by atoms with Gasteiger partial charge < -0.3 is 14.7 Å². The van der Waals surface area contributed by atoms with Gasteiger partial charge in [-0.3, -0.25) is 0 Å². The van der Waals surface area contributed by atoms with Gasteiger partial charge in [-0.2, -0.15) is 23.3 Å². The lowest BCUT2D eigenvalue weighted by molar-refractivity contribution is -0.140. The summed E-state index contributed by atoms with van der Waals surface area (Å²) in [5, 5.41) is 13.9. The normalized spacial score (nSPS) is 19.2. The number of aromatic nitrogens is 4. The fraction of sp³-hybridized carbons (Fsp3) is 0.500. The highest BCUT2D eigenvalue weighted by molar-refractivity contribution is 5.91. The Morgan fingerprint density at radius 2 is 1.94 bits per heavy atom. The van der Waals surface area contributed by atoms with E-state index in [1.54, 1.807) is 0 Å². The highest BCUT2D eigenvalue weighted by Crippen LogP contribution is 2.41. The molecule has 1 unspecified atom stereocenters. The summed E-state index contributed by atoms with van der Waals surface area (Å²) in [5.41, 5.74) is -2.49. The Bertz CT molecular complexity index is 1230. The number of anilines is 1. The molecule has 4 rings (SSSR count). The van der Waals surface area contributed by atoms with Crippen LogP contribution in [0.25, 0.3) is 22.3 Å². The molecule has 0 amide bonds. The van der Waals surface area contributed by atoms with Crippen molar-refractivity contribution in [2.75, 3.05) is 18.6 Å². The molecule has 7 nitrogen and oxygen atoms in total. The molecule has 0 spiro atoms. The number of aryl methyl sites for hydroxylation is 1. The van der Waals surface area contributed by atoms with E-state index < -0.39 is 34.7 Å². The summed E-state index contributed by atoms with van der Waals surface area (Å²) < 4.78 is 75.3. The van der Waals surface area contributed by atoms with Gasteiger partial charge in [0.25, 0.3) is 0 Å². The van der Waals surface area contributed by atoms with Crippen LogP contribution >= 0.6 is 0 Å². The first-order valence-corrected chi connectivity index (χ1v) is 10.7. The number of phenols is 1. The van der Waals surface area contributed by atoms with Crippen molar-refractivity contribution in [3.63, 3.8) is 0 Å². The number of aromatic hydroxyl groups is 1. The number of fused-ring (bicyclic) bond motifs is 1. The summed E-state index contributed by atoms with van der Waals surface area (Å²) in [6.07, 6.45) is -2.14. The molecule has 3 aromatic rings. The fourth-order valence-corrected chi connectivity index (χ4v) is 4.19. The van der Waals surface area contributed by atoms with Gasteiger partial charge in [-0.15, -0.1) is 0 Å². The molecular formula is C22H24F5N5O2. The quantitative estimate of drug-likeness (QED) is 0.542. The number of phenolic OH excluding ortho intramolecular Hbond substituents is 1. The topological polar surface area (TPSA) is 76.3 Å². The van der Waals surface area contributed by atoms with Crippen LogP contribution in [-0.4, -0.2) is 50.7 Å². The average molecular weight is 485 g/mol. The Balaban J connectivity index is 1.76. The summed E-state index contributed by atoms with van der Waals surface area (Å²) in [6.45, 7) is 4.78. The van der Waals surface area contributed by atoms with Crippen LogP contribution in [0.3, 0.4) is 0 Å². The minimum absolute atomic E-state index is 0.102. The molecule has 0 radical (unpaired) electrons. The molecular weight excluding hydrogens is 461 g/mol. The Labute approximate surface area is 192 Å². The Hall–Kier alpha value is -3.02. The zero-order valence-corrected chi connectivity index (χ0v) is 19.0. The summed E-state index contributed by atoms with van der Waals surface area (Å²) >= 11 is 0. The van der Waals surface area contributed by atoms with E-state index in [0.717, 1.165) is 12.8 Å². The van der Waals surface area contributed by atoms with Gasteiger partial charge in [0.05, 0.1) is 17.1 Å². The van der Waals surface area contributed by atoms with E-state index in [2.05, 4.69) is 28.9 Å². The van der Waals surface area contributed by atoms with Crippen LogP contribution in [-0.2, 0) is 18.0 Å². The maximum Gasteiger partial charge on any atom is 0.419 e. The number of alkyl halides is 3. The molecule has 1 N–H and O–H groups in total. The molecule has 0 aliphatic carbocycles. The molecule has 184 valence electrons. The molecule has 1 aromatic carbocycles. The number of ether oxygens (including phenoxy) is 1. The summed E-state index contributed by atoms with van der Waals surface area (Å²) in [4.78, 5) is 10.7. The first-order chi connectivity index (χ1) is 15.9. The molecule has 1 aliphatic heterocycles. The van der Waals surface area contributed by atoms with Crippen molar-refractivity contribution in [3.8, 4) is 17.0 Å². The zero-order chi connectivity index (χ0) is 24.9. The Morgan fingerprint density at radius 3 is 2.59 bits per heavy atom. The highest BCUT2D eigenvalue weighted by Gasteiger charge is 2.38. The van der Waals surface area contributed by atoms with Crippen molar-refractivity contribution in [2.24, 2.45) is 13.0 Å². The maximum atomic E-state index is 14.6. The Kier molecular flexibility index (Phi) is 6.13. The molecule has 2 atom stereocenters. The van der Waals surface area contributed by atoms with Crippen LogP contribution in [0.15, 0.2) is 12.3 Å². The van der Waals surface area contributed by atoms with E-state index in [4.69, 9.17) is 4.74 Å². The number of hydrogen-bond donors (Lipinski definition) is 1. The lowest BCUT2D eigenvalue weighted by atomic mass is 9.95. The number of rotatable bonds is 4. The molecule has 3 heterocycles. The molecule has 1 fully saturated rings. The SMILES string of the molecule is CC(C)[C@@H]1CC(N(C)c2ncc3c(-c4cc(C(F)(F)F)c(F)c(O)c4F)nn(C)c3n2)CCO1. The van der Waals surface area contributed by atoms with Crippen molar-refractivity contribution in [1.29, 1.82) is 0 Å². The van der Waals surface area contributed by atoms with Crippen molar-refractivity contribution < 1.29 is 31.8 Å². The average Bonchev–Trinajstić information content (AvgIpc) is 3.12. The zero-order valence-electron chi connectivity index (χ0n) is 19.0. The van der Waals surface area contributed by atoms with Crippen LogP contribution in [0.4, 0.5) is 27.9 Å². The molecule has 0 bridgehead atoms. The maximum absolute atomic E-state index is 14.6. The lowest BCUT2D eigenvalue weighted by Gasteiger charge is -2.37. The molecule has 1 aliphatic rings. The van der Waals surface area contributed by atoms with Gasteiger partial charge in [0, 0.05) is 38.5 Å². The third-order valence-electron chi connectivity index (χ3n) is 6.20. The van der Waals surface area contributed by atoms with Crippen LogP contribution < -0.4 is 4.90 Å². The van der Waals surface area contributed by atoms with Crippen molar-refractivity contribution in [3.05, 3.63) is 29.5 Å². The monoisotopic (exact) mass is 485 g/mol. The van der Waals surface area contributed by atoms with Gasteiger partial charge in [0.15, 0.2) is 23.0 Å². The Morgan fingerprint density at radius 1 is 1.24 bits per heavy atom. The third-order valence-corrected chi connectivity index (χ3v) is 6.20. The first-order valence-electron chi connectivity index (χ1n) is 10.7. The molecule has 34 heavy (non-hydrogen) atoms. The number of nitrogens with zero attached hydrogens (tertiary/aromatic N) is 5. The lowest BCUT2D eigenvalue weighted by Crippen LogP contribution is -2.42. The third kappa shape index (κ3) is 4.15. The second kappa shape index (κ2) is 8.64. The predicted octanol–water partition coefficient (Wildman–Crippen LogP) is 4.67. The van der Waals surface area contributed by atoms with Gasteiger partial charge in [-0.1, -0.05) is 13.8 Å². The van der Waals surface area contributed by atoms with Crippen LogP contribution in [0.5, 0.6) is 5.75 Å². The molecule has 12 heteroatoms. The van der Waals surface area contributed by atoms with Crippen molar-refractivity contribution in [2.45, 2.75) is 45.0 Å².